The highest BCUT2D eigenvalue weighted by atomic mass is 32.2. The number of nitrogens with one attached hydrogen (secondary N) is 1. The van der Waals surface area contributed by atoms with Crippen molar-refractivity contribution in [2.24, 2.45) is 0 Å². The number of thioether (sulfide) groups is 1. The summed E-state index contributed by atoms with van der Waals surface area (Å²) in [7, 11) is 0. The van der Waals surface area contributed by atoms with Gasteiger partial charge in [-0.3, -0.25) is 14.5 Å². The fraction of sp³-hybridized carbons (Fsp3) is 0.207. The number of anilines is 2. The smallest absolute Gasteiger partial charge is 0.416 e. The maximum Gasteiger partial charge on any atom is 0.416 e. The van der Waals surface area contributed by atoms with E-state index < -0.39 is 28.8 Å². The highest BCUT2D eigenvalue weighted by Crippen LogP contribution is 2.43. The zero-order valence-electron chi connectivity index (χ0n) is 21.1. The van der Waals surface area contributed by atoms with Crippen LogP contribution in [0.15, 0.2) is 83.4 Å². The van der Waals surface area contributed by atoms with Gasteiger partial charge in [-0.25, -0.2) is 0 Å². The first-order valence-electron chi connectivity index (χ1n) is 12.0. The number of amides is 2. The SMILES string of the molecule is CCOc1ccc(N2C(=O)C(Cc3cccc(C(F)(F)F)c3)S/C2=C(/C#N)C(=O)Nc2ccccc2C)cc1. The van der Waals surface area contributed by atoms with Crippen molar-refractivity contribution in [2.75, 3.05) is 16.8 Å². The highest BCUT2D eigenvalue weighted by molar-refractivity contribution is 8.05. The molecular formula is C29H24F3N3O3S. The molecule has 4 rings (SSSR count). The van der Waals surface area contributed by atoms with Gasteiger partial charge in [-0.15, -0.1) is 0 Å². The Kier molecular flexibility index (Phi) is 8.31. The zero-order valence-corrected chi connectivity index (χ0v) is 21.9. The van der Waals surface area contributed by atoms with Crippen LogP contribution in [0, 0.1) is 18.3 Å². The first kappa shape index (κ1) is 27.8. The average Bonchev–Trinajstić information content (AvgIpc) is 3.21. The van der Waals surface area contributed by atoms with Crippen LogP contribution in [-0.2, 0) is 22.2 Å². The number of benzene rings is 3. The largest absolute Gasteiger partial charge is 0.494 e. The van der Waals surface area contributed by atoms with Crippen LogP contribution < -0.4 is 15.0 Å². The van der Waals surface area contributed by atoms with Gasteiger partial charge in [0.2, 0.25) is 5.91 Å². The van der Waals surface area contributed by atoms with E-state index in [0.29, 0.717) is 29.3 Å². The zero-order chi connectivity index (χ0) is 28.2. The van der Waals surface area contributed by atoms with Crippen molar-refractivity contribution in [3.8, 4) is 11.8 Å². The molecular weight excluding hydrogens is 527 g/mol. The molecule has 1 N–H and O–H groups in total. The van der Waals surface area contributed by atoms with Crippen LogP contribution in [0.1, 0.15) is 23.6 Å². The van der Waals surface area contributed by atoms with Crippen molar-refractivity contribution in [3.05, 3.63) is 100 Å². The molecule has 0 radical (unpaired) electrons. The minimum atomic E-state index is -4.52. The Morgan fingerprint density at radius 3 is 2.46 bits per heavy atom. The third-order valence-corrected chi connectivity index (χ3v) is 7.24. The maximum absolute atomic E-state index is 13.6. The molecule has 1 unspecified atom stereocenters. The third kappa shape index (κ3) is 6.26. The summed E-state index contributed by atoms with van der Waals surface area (Å²) < 4.78 is 45.3. The van der Waals surface area contributed by atoms with Gasteiger partial charge in [-0.1, -0.05) is 48.2 Å². The van der Waals surface area contributed by atoms with Gasteiger partial charge in [0.1, 0.15) is 22.4 Å². The lowest BCUT2D eigenvalue weighted by atomic mass is 10.1. The van der Waals surface area contributed by atoms with Crippen molar-refractivity contribution in [1.82, 2.24) is 0 Å². The lowest BCUT2D eigenvalue weighted by Gasteiger charge is -2.19. The fourth-order valence-electron chi connectivity index (χ4n) is 4.07. The summed E-state index contributed by atoms with van der Waals surface area (Å²) in [5.41, 5.74) is 0.912. The Morgan fingerprint density at radius 2 is 1.82 bits per heavy atom. The Labute approximate surface area is 228 Å². The van der Waals surface area contributed by atoms with E-state index in [-0.39, 0.29) is 17.0 Å². The van der Waals surface area contributed by atoms with Gasteiger partial charge in [0, 0.05) is 11.4 Å². The van der Waals surface area contributed by atoms with Crippen molar-refractivity contribution in [1.29, 1.82) is 5.26 Å². The monoisotopic (exact) mass is 551 g/mol. The van der Waals surface area contributed by atoms with Gasteiger partial charge >= 0.3 is 6.18 Å². The number of alkyl halides is 3. The van der Waals surface area contributed by atoms with Gasteiger partial charge in [0.25, 0.3) is 5.91 Å². The molecule has 0 spiro atoms. The molecule has 1 heterocycles. The van der Waals surface area contributed by atoms with E-state index in [2.05, 4.69) is 5.32 Å². The summed E-state index contributed by atoms with van der Waals surface area (Å²) in [5.74, 6) is -0.574. The number of para-hydroxylation sites is 1. The van der Waals surface area contributed by atoms with Crippen molar-refractivity contribution >= 4 is 35.0 Å². The summed E-state index contributed by atoms with van der Waals surface area (Å²) in [6.45, 7) is 4.08. The number of hydrogen-bond donors (Lipinski definition) is 1. The molecule has 1 atom stereocenters. The lowest BCUT2D eigenvalue weighted by Crippen LogP contribution is -2.31. The van der Waals surface area contributed by atoms with E-state index in [9.17, 15) is 28.0 Å². The predicted octanol–water partition coefficient (Wildman–Crippen LogP) is 6.48. The van der Waals surface area contributed by atoms with Gasteiger partial charge in [0.05, 0.1) is 17.4 Å². The number of carbonyl (C=O) groups is 2. The quantitative estimate of drug-likeness (QED) is 0.269. The molecule has 1 fully saturated rings. The normalized spacial score (nSPS) is 16.6. The number of ether oxygens (including phenoxy) is 1. The molecule has 0 bridgehead atoms. The molecule has 0 aromatic heterocycles. The van der Waals surface area contributed by atoms with Crippen LogP contribution in [0.2, 0.25) is 0 Å². The summed E-state index contributed by atoms with van der Waals surface area (Å²) >= 11 is 0.980. The number of carbonyl (C=O) groups excluding carboxylic acids is 2. The summed E-state index contributed by atoms with van der Waals surface area (Å²) in [4.78, 5) is 28.2. The van der Waals surface area contributed by atoms with Gasteiger partial charge in [-0.2, -0.15) is 18.4 Å². The van der Waals surface area contributed by atoms with Gasteiger partial charge in [0.15, 0.2) is 0 Å². The van der Waals surface area contributed by atoms with Crippen LogP contribution in [0.4, 0.5) is 24.5 Å². The van der Waals surface area contributed by atoms with Crippen LogP contribution >= 0.6 is 11.8 Å². The molecule has 39 heavy (non-hydrogen) atoms. The molecule has 1 aliphatic rings. The molecule has 3 aromatic carbocycles. The standard InChI is InChI=1S/C29H24F3N3O3S/c1-3-38-22-13-11-21(12-14-22)35-27(37)25(16-19-8-6-9-20(15-19)29(30,31)32)39-28(35)23(17-33)26(36)34-24-10-5-4-7-18(24)2/h4-15,25H,3,16H2,1-2H3,(H,34,36)/b28-23-. The first-order chi connectivity index (χ1) is 18.6. The molecule has 10 heteroatoms. The van der Waals surface area contributed by atoms with Crippen molar-refractivity contribution < 1.29 is 27.5 Å². The number of hydrogen-bond acceptors (Lipinski definition) is 5. The molecule has 6 nitrogen and oxygen atoms in total. The number of aryl methyl sites for hydroxylation is 1. The second kappa shape index (κ2) is 11.7. The average molecular weight is 552 g/mol. The minimum Gasteiger partial charge on any atom is -0.494 e. The van der Waals surface area contributed by atoms with E-state index in [1.54, 1.807) is 49.4 Å². The molecule has 1 aliphatic heterocycles. The van der Waals surface area contributed by atoms with Crippen LogP contribution in [0.5, 0.6) is 5.75 Å². The van der Waals surface area contributed by atoms with Gasteiger partial charge < -0.3 is 10.1 Å². The summed E-state index contributed by atoms with van der Waals surface area (Å²) in [6.07, 6.45) is -4.55. The molecule has 0 saturated carbocycles. The Bertz CT molecular complexity index is 1460. The molecule has 3 aromatic rings. The van der Waals surface area contributed by atoms with Crippen LogP contribution in [-0.4, -0.2) is 23.7 Å². The minimum absolute atomic E-state index is 0.0252. The number of nitrogens with zero attached hydrogens (tertiary/aromatic N) is 2. The molecule has 0 aliphatic carbocycles. The number of nitriles is 1. The topological polar surface area (TPSA) is 82.4 Å². The van der Waals surface area contributed by atoms with Crippen LogP contribution in [0.25, 0.3) is 0 Å². The van der Waals surface area contributed by atoms with Gasteiger partial charge in [-0.05, 0) is 67.8 Å². The predicted molar refractivity (Wildman–Crippen MR) is 144 cm³/mol. The Morgan fingerprint density at radius 1 is 1.10 bits per heavy atom. The number of rotatable bonds is 7. The van der Waals surface area contributed by atoms with Crippen LogP contribution in [0.3, 0.4) is 0 Å². The molecule has 200 valence electrons. The highest BCUT2D eigenvalue weighted by Gasteiger charge is 2.41. The summed E-state index contributed by atoms with van der Waals surface area (Å²) in [6, 6.07) is 20.3. The molecule has 2 amide bonds. The van der Waals surface area contributed by atoms with E-state index in [1.165, 1.54) is 17.0 Å². The van der Waals surface area contributed by atoms with Crippen molar-refractivity contribution in [2.45, 2.75) is 31.7 Å². The Hall–Kier alpha value is -4.23. The van der Waals surface area contributed by atoms with E-state index in [0.717, 1.165) is 29.5 Å². The second-order valence-corrected chi connectivity index (χ2v) is 9.86. The van der Waals surface area contributed by atoms with Crippen molar-refractivity contribution in [3.63, 3.8) is 0 Å². The van der Waals surface area contributed by atoms with E-state index >= 15 is 0 Å². The first-order valence-corrected chi connectivity index (χ1v) is 12.9. The Balaban J connectivity index is 1.73. The lowest BCUT2D eigenvalue weighted by molar-refractivity contribution is -0.137. The molecule has 1 saturated heterocycles. The van der Waals surface area contributed by atoms with E-state index in [1.807, 2.05) is 19.1 Å². The number of halogens is 3. The third-order valence-electron chi connectivity index (χ3n) is 5.98. The summed E-state index contributed by atoms with van der Waals surface area (Å²) in [5, 5.41) is 12.0. The van der Waals surface area contributed by atoms with E-state index in [4.69, 9.17) is 4.74 Å². The second-order valence-electron chi connectivity index (χ2n) is 8.67. The maximum atomic E-state index is 13.6. The fourth-order valence-corrected chi connectivity index (χ4v) is 5.38.